The number of nitrogens with zero attached hydrogens (tertiary/aromatic N) is 2. The first-order valence-corrected chi connectivity index (χ1v) is 8.60. The molecule has 1 atom stereocenters. The van der Waals surface area contributed by atoms with Crippen LogP contribution in [-0.2, 0) is 11.2 Å². The Hall–Kier alpha value is -1.39. The molecule has 1 amide bonds. The first-order chi connectivity index (χ1) is 11.0. The van der Waals surface area contributed by atoms with E-state index in [2.05, 4.69) is 45.0 Å². The van der Waals surface area contributed by atoms with Crippen LogP contribution in [0, 0.1) is 5.92 Å². The maximum Gasteiger partial charge on any atom is 0.254 e. The van der Waals surface area contributed by atoms with Crippen LogP contribution in [0.4, 0.5) is 0 Å². The van der Waals surface area contributed by atoms with E-state index in [1.165, 1.54) is 5.56 Å². The van der Waals surface area contributed by atoms with E-state index in [0.29, 0.717) is 25.6 Å². The topological polar surface area (TPSA) is 32.8 Å². The summed E-state index contributed by atoms with van der Waals surface area (Å²) >= 11 is 0. The molecular weight excluding hydrogens is 288 g/mol. The quantitative estimate of drug-likeness (QED) is 0.808. The lowest BCUT2D eigenvalue weighted by Crippen LogP contribution is -2.46. The van der Waals surface area contributed by atoms with Crippen LogP contribution in [-0.4, -0.2) is 62.1 Å². The van der Waals surface area contributed by atoms with Crippen molar-refractivity contribution in [3.63, 3.8) is 0 Å². The van der Waals surface area contributed by atoms with Crippen molar-refractivity contribution < 1.29 is 9.53 Å². The van der Waals surface area contributed by atoms with Crippen molar-refractivity contribution >= 4 is 5.91 Å². The normalized spacial score (nSPS) is 18.7. The third kappa shape index (κ3) is 5.63. The molecule has 1 aromatic carbocycles. The summed E-state index contributed by atoms with van der Waals surface area (Å²) in [5.74, 6) is 0.757. The number of amides is 1. The van der Waals surface area contributed by atoms with Crippen molar-refractivity contribution in [2.45, 2.75) is 32.8 Å². The van der Waals surface area contributed by atoms with Gasteiger partial charge < -0.3 is 14.5 Å². The van der Waals surface area contributed by atoms with Crippen LogP contribution in [0.15, 0.2) is 24.3 Å². The fraction of sp³-hybridized carbons (Fsp3) is 0.632. The molecular formula is C19H30N2O2. The van der Waals surface area contributed by atoms with Gasteiger partial charge in [-0.25, -0.2) is 0 Å². The number of ether oxygens (including phenoxy) is 1. The van der Waals surface area contributed by atoms with Crippen LogP contribution in [0.25, 0.3) is 0 Å². The van der Waals surface area contributed by atoms with Crippen molar-refractivity contribution in [2.75, 3.05) is 40.3 Å². The number of carbonyl (C=O) groups is 1. The van der Waals surface area contributed by atoms with Gasteiger partial charge in [0.2, 0.25) is 0 Å². The average molecular weight is 318 g/mol. The predicted molar refractivity (Wildman–Crippen MR) is 93.8 cm³/mol. The molecule has 0 radical (unpaired) electrons. The Bertz CT molecular complexity index is 497. The van der Waals surface area contributed by atoms with Crippen molar-refractivity contribution in [1.82, 2.24) is 9.80 Å². The number of carbonyl (C=O) groups excluding carboxylic acids is 1. The van der Waals surface area contributed by atoms with Crippen LogP contribution in [0.5, 0.6) is 0 Å². The fourth-order valence-electron chi connectivity index (χ4n) is 2.92. The predicted octanol–water partition coefficient (Wildman–Crippen LogP) is 2.68. The molecule has 0 bridgehead atoms. The number of benzene rings is 1. The molecule has 23 heavy (non-hydrogen) atoms. The molecule has 0 N–H and O–H groups in total. The first-order valence-electron chi connectivity index (χ1n) is 8.60. The van der Waals surface area contributed by atoms with Gasteiger partial charge in [0.25, 0.3) is 5.91 Å². The second-order valence-electron chi connectivity index (χ2n) is 7.13. The molecule has 1 heterocycles. The van der Waals surface area contributed by atoms with Gasteiger partial charge in [-0.3, -0.25) is 4.79 Å². The van der Waals surface area contributed by atoms with Gasteiger partial charge in [0.05, 0.1) is 12.7 Å². The molecule has 0 saturated carbocycles. The van der Waals surface area contributed by atoms with E-state index in [4.69, 9.17) is 4.74 Å². The third-order valence-corrected chi connectivity index (χ3v) is 4.17. The van der Waals surface area contributed by atoms with E-state index in [-0.39, 0.29) is 12.0 Å². The number of hydrogen-bond donors (Lipinski definition) is 0. The average Bonchev–Trinajstić information content (AvgIpc) is 2.53. The highest BCUT2D eigenvalue weighted by molar-refractivity contribution is 5.94. The van der Waals surface area contributed by atoms with Crippen LogP contribution in [0.3, 0.4) is 0 Å². The third-order valence-electron chi connectivity index (χ3n) is 4.17. The minimum Gasteiger partial charge on any atom is -0.374 e. The minimum absolute atomic E-state index is 0.124. The van der Waals surface area contributed by atoms with Gasteiger partial charge in [0, 0.05) is 25.2 Å². The van der Waals surface area contributed by atoms with Crippen LogP contribution < -0.4 is 0 Å². The minimum atomic E-state index is 0.124. The second kappa shape index (κ2) is 8.46. The SMILES string of the molecule is CC(C)Cc1ccc(C(=O)N2CCO[C@H](CCN(C)C)C2)cc1. The molecule has 1 aliphatic heterocycles. The number of rotatable bonds is 6. The Morgan fingerprint density at radius 1 is 1.30 bits per heavy atom. The monoisotopic (exact) mass is 318 g/mol. The Morgan fingerprint density at radius 3 is 2.61 bits per heavy atom. The Balaban J connectivity index is 1.93. The largest absolute Gasteiger partial charge is 0.374 e. The molecule has 2 rings (SSSR count). The van der Waals surface area contributed by atoms with E-state index >= 15 is 0 Å². The summed E-state index contributed by atoms with van der Waals surface area (Å²) in [5, 5.41) is 0. The summed E-state index contributed by atoms with van der Waals surface area (Å²) in [4.78, 5) is 16.8. The Kier molecular flexibility index (Phi) is 6.60. The lowest BCUT2D eigenvalue weighted by Gasteiger charge is -2.33. The lowest BCUT2D eigenvalue weighted by molar-refractivity contribution is -0.0269. The highest BCUT2D eigenvalue weighted by atomic mass is 16.5. The summed E-state index contributed by atoms with van der Waals surface area (Å²) in [7, 11) is 4.12. The Labute approximate surface area is 140 Å². The molecule has 0 spiro atoms. The van der Waals surface area contributed by atoms with Crippen molar-refractivity contribution in [1.29, 1.82) is 0 Å². The maximum atomic E-state index is 12.7. The van der Waals surface area contributed by atoms with Crippen LogP contribution in [0.1, 0.15) is 36.2 Å². The van der Waals surface area contributed by atoms with E-state index < -0.39 is 0 Å². The summed E-state index contributed by atoms with van der Waals surface area (Å²) in [6, 6.07) is 8.09. The van der Waals surface area contributed by atoms with E-state index in [1.807, 2.05) is 17.0 Å². The smallest absolute Gasteiger partial charge is 0.254 e. The van der Waals surface area contributed by atoms with Gasteiger partial charge in [-0.1, -0.05) is 26.0 Å². The molecule has 1 saturated heterocycles. The summed E-state index contributed by atoms with van der Waals surface area (Å²) in [5.41, 5.74) is 2.08. The standard InChI is InChI=1S/C19H30N2O2/c1-15(2)13-16-5-7-17(8-6-16)19(22)21-11-12-23-18(14-21)9-10-20(3)4/h5-8,15,18H,9-14H2,1-4H3/t18-/m1/s1. The Morgan fingerprint density at radius 2 is 2.00 bits per heavy atom. The fourth-order valence-corrected chi connectivity index (χ4v) is 2.92. The van der Waals surface area contributed by atoms with E-state index in [0.717, 1.165) is 24.9 Å². The highest BCUT2D eigenvalue weighted by Gasteiger charge is 2.24. The zero-order valence-corrected chi connectivity index (χ0v) is 14.9. The van der Waals surface area contributed by atoms with Gasteiger partial charge in [0.1, 0.15) is 0 Å². The van der Waals surface area contributed by atoms with Gasteiger partial charge in [-0.15, -0.1) is 0 Å². The van der Waals surface area contributed by atoms with Gasteiger partial charge >= 0.3 is 0 Å². The van der Waals surface area contributed by atoms with Crippen LogP contribution >= 0.6 is 0 Å². The molecule has 4 nitrogen and oxygen atoms in total. The van der Waals surface area contributed by atoms with Gasteiger partial charge in [-0.05, 0) is 50.6 Å². The van der Waals surface area contributed by atoms with E-state index in [1.54, 1.807) is 0 Å². The molecule has 1 aliphatic rings. The van der Waals surface area contributed by atoms with Crippen LogP contribution in [0.2, 0.25) is 0 Å². The zero-order chi connectivity index (χ0) is 16.8. The van der Waals surface area contributed by atoms with E-state index in [9.17, 15) is 4.79 Å². The molecule has 0 aromatic heterocycles. The van der Waals surface area contributed by atoms with Crippen molar-refractivity contribution in [3.8, 4) is 0 Å². The zero-order valence-electron chi connectivity index (χ0n) is 14.9. The van der Waals surface area contributed by atoms with Crippen molar-refractivity contribution in [3.05, 3.63) is 35.4 Å². The van der Waals surface area contributed by atoms with Crippen molar-refractivity contribution in [2.24, 2.45) is 5.92 Å². The molecule has 1 aromatic rings. The maximum absolute atomic E-state index is 12.7. The lowest BCUT2D eigenvalue weighted by atomic mass is 10.0. The molecule has 0 aliphatic carbocycles. The number of morpholine rings is 1. The summed E-state index contributed by atoms with van der Waals surface area (Å²) < 4.78 is 5.79. The highest BCUT2D eigenvalue weighted by Crippen LogP contribution is 2.15. The second-order valence-corrected chi connectivity index (χ2v) is 7.13. The van der Waals surface area contributed by atoms with Gasteiger partial charge in [-0.2, -0.15) is 0 Å². The summed E-state index contributed by atoms with van der Waals surface area (Å²) in [6.07, 6.45) is 2.17. The molecule has 0 unspecified atom stereocenters. The van der Waals surface area contributed by atoms with Gasteiger partial charge in [0.15, 0.2) is 0 Å². The first kappa shape index (κ1) is 18.0. The summed E-state index contributed by atoms with van der Waals surface area (Å²) in [6.45, 7) is 7.42. The molecule has 128 valence electrons. The molecule has 4 heteroatoms. The molecule has 1 fully saturated rings. The number of hydrogen-bond acceptors (Lipinski definition) is 3.